The smallest absolute Gasteiger partial charge is 0.123 e. The Morgan fingerprint density at radius 3 is 2.72 bits per heavy atom. The first-order chi connectivity index (χ1) is 8.41. The second-order valence-corrected chi connectivity index (χ2v) is 5.90. The predicted molar refractivity (Wildman–Crippen MR) is 70.8 cm³/mol. The van der Waals surface area contributed by atoms with Gasteiger partial charge in [0, 0.05) is 17.5 Å². The van der Waals surface area contributed by atoms with Gasteiger partial charge in [0.05, 0.1) is 6.10 Å². The number of hydrogen-bond donors (Lipinski definition) is 2. The van der Waals surface area contributed by atoms with Crippen molar-refractivity contribution in [2.45, 2.75) is 51.8 Å². The molecule has 1 saturated heterocycles. The van der Waals surface area contributed by atoms with Crippen LogP contribution in [-0.2, 0) is 0 Å². The first kappa shape index (κ1) is 13.5. The molecule has 3 atom stereocenters. The number of nitrogens with one attached hydrogen (secondary N) is 1. The average Bonchev–Trinajstić information content (AvgIpc) is 2.78. The molecule has 1 aliphatic rings. The van der Waals surface area contributed by atoms with Crippen molar-refractivity contribution in [1.29, 1.82) is 0 Å². The van der Waals surface area contributed by atoms with Crippen molar-refractivity contribution >= 4 is 0 Å². The molecule has 0 aliphatic carbocycles. The third kappa shape index (κ3) is 2.57. The van der Waals surface area contributed by atoms with Crippen LogP contribution in [0.5, 0.6) is 0 Å². The van der Waals surface area contributed by atoms with Gasteiger partial charge in [-0.25, -0.2) is 4.39 Å². The fourth-order valence-electron chi connectivity index (χ4n) is 2.61. The molecule has 1 fully saturated rings. The molecule has 18 heavy (non-hydrogen) atoms. The van der Waals surface area contributed by atoms with E-state index in [0.717, 1.165) is 18.4 Å². The van der Waals surface area contributed by atoms with E-state index in [1.54, 1.807) is 12.1 Å². The van der Waals surface area contributed by atoms with Crippen LogP contribution >= 0.6 is 0 Å². The molecular formula is C15H22FNO. The van der Waals surface area contributed by atoms with Gasteiger partial charge in [0.25, 0.3) is 0 Å². The molecule has 0 saturated carbocycles. The number of aliphatic hydroxyl groups excluding tert-OH is 1. The number of benzene rings is 1. The summed E-state index contributed by atoms with van der Waals surface area (Å²) in [6.07, 6.45) is 1.64. The molecule has 1 heterocycles. The highest BCUT2D eigenvalue weighted by atomic mass is 19.1. The maximum absolute atomic E-state index is 13.2. The molecule has 0 spiro atoms. The Hall–Kier alpha value is -0.930. The summed E-state index contributed by atoms with van der Waals surface area (Å²) in [5.74, 6) is -0.187. The van der Waals surface area contributed by atoms with Gasteiger partial charge in [0.2, 0.25) is 0 Å². The highest BCUT2D eigenvalue weighted by Gasteiger charge is 2.38. The summed E-state index contributed by atoms with van der Waals surface area (Å²) in [5.41, 5.74) is 0.834. The molecule has 0 aromatic heterocycles. The van der Waals surface area contributed by atoms with E-state index in [2.05, 4.69) is 19.2 Å². The zero-order chi connectivity index (χ0) is 13.3. The molecule has 1 aliphatic heterocycles. The van der Waals surface area contributed by atoms with Crippen LogP contribution in [0.25, 0.3) is 0 Å². The number of hydrogen-bond acceptors (Lipinski definition) is 2. The SMILES string of the molecule is CC(O)C(C)(C)C1CC[C@@H](c2cccc(F)c2)N1. The molecule has 100 valence electrons. The second-order valence-electron chi connectivity index (χ2n) is 5.90. The van der Waals surface area contributed by atoms with E-state index in [1.165, 1.54) is 6.07 Å². The molecular weight excluding hydrogens is 229 g/mol. The van der Waals surface area contributed by atoms with Crippen LogP contribution in [0.2, 0.25) is 0 Å². The Labute approximate surface area is 108 Å². The molecule has 2 rings (SSSR count). The highest BCUT2D eigenvalue weighted by molar-refractivity contribution is 5.21. The minimum atomic E-state index is -0.360. The Morgan fingerprint density at radius 1 is 1.39 bits per heavy atom. The molecule has 2 N–H and O–H groups in total. The van der Waals surface area contributed by atoms with E-state index in [1.807, 2.05) is 13.0 Å². The van der Waals surface area contributed by atoms with Gasteiger partial charge in [-0.15, -0.1) is 0 Å². The van der Waals surface area contributed by atoms with Crippen molar-refractivity contribution in [2.75, 3.05) is 0 Å². The molecule has 0 bridgehead atoms. The maximum atomic E-state index is 13.2. The van der Waals surface area contributed by atoms with Crippen LogP contribution < -0.4 is 5.32 Å². The molecule has 0 radical (unpaired) electrons. The summed E-state index contributed by atoms with van der Waals surface area (Å²) in [6.45, 7) is 5.98. The van der Waals surface area contributed by atoms with E-state index in [9.17, 15) is 9.50 Å². The lowest BCUT2D eigenvalue weighted by molar-refractivity contribution is 0.0397. The third-order valence-corrected chi connectivity index (χ3v) is 4.37. The van der Waals surface area contributed by atoms with Crippen LogP contribution in [0.3, 0.4) is 0 Å². The summed E-state index contributed by atoms with van der Waals surface area (Å²) in [7, 11) is 0. The highest BCUT2D eigenvalue weighted by Crippen LogP contribution is 2.37. The Balaban J connectivity index is 2.09. The standard InChI is InChI=1S/C15H22FNO/c1-10(18)15(2,3)14-8-7-13(17-14)11-5-4-6-12(16)9-11/h4-6,9-10,13-14,17-18H,7-8H2,1-3H3/t10?,13-,14?/m0/s1. The lowest BCUT2D eigenvalue weighted by Crippen LogP contribution is -2.44. The van der Waals surface area contributed by atoms with Gasteiger partial charge in [-0.3, -0.25) is 0 Å². The normalized spacial score (nSPS) is 26.3. The quantitative estimate of drug-likeness (QED) is 0.865. The topological polar surface area (TPSA) is 32.3 Å². The van der Waals surface area contributed by atoms with Gasteiger partial charge in [-0.2, -0.15) is 0 Å². The molecule has 2 nitrogen and oxygen atoms in total. The van der Waals surface area contributed by atoms with Crippen molar-refractivity contribution in [3.63, 3.8) is 0 Å². The van der Waals surface area contributed by atoms with Crippen molar-refractivity contribution in [2.24, 2.45) is 5.41 Å². The first-order valence-corrected chi connectivity index (χ1v) is 6.61. The van der Waals surface area contributed by atoms with Crippen molar-refractivity contribution in [3.05, 3.63) is 35.6 Å². The molecule has 0 amide bonds. The first-order valence-electron chi connectivity index (χ1n) is 6.61. The Bertz CT molecular complexity index is 417. The van der Waals surface area contributed by atoms with Crippen molar-refractivity contribution < 1.29 is 9.50 Å². The predicted octanol–water partition coefficient (Wildman–Crippen LogP) is 3.03. The zero-order valence-electron chi connectivity index (χ0n) is 11.3. The minimum absolute atomic E-state index is 0.165. The van der Waals surface area contributed by atoms with Crippen LogP contribution in [0, 0.1) is 11.2 Å². The fraction of sp³-hybridized carbons (Fsp3) is 0.600. The van der Waals surface area contributed by atoms with Crippen molar-refractivity contribution in [3.8, 4) is 0 Å². The number of rotatable bonds is 3. The van der Waals surface area contributed by atoms with Crippen molar-refractivity contribution in [1.82, 2.24) is 5.32 Å². The van der Waals surface area contributed by atoms with Crippen LogP contribution in [0.15, 0.2) is 24.3 Å². The third-order valence-electron chi connectivity index (χ3n) is 4.37. The van der Waals surface area contributed by atoms with E-state index < -0.39 is 0 Å². The minimum Gasteiger partial charge on any atom is -0.393 e. The van der Waals surface area contributed by atoms with Gasteiger partial charge in [-0.05, 0) is 37.5 Å². The second kappa shape index (κ2) is 4.98. The summed E-state index contributed by atoms with van der Waals surface area (Å²) in [5, 5.41) is 13.4. The number of halogens is 1. The average molecular weight is 251 g/mol. The van der Waals surface area contributed by atoms with Gasteiger partial charge >= 0.3 is 0 Å². The molecule has 1 aromatic carbocycles. The molecule has 2 unspecified atom stereocenters. The van der Waals surface area contributed by atoms with E-state index in [4.69, 9.17) is 0 Å². The zero-order valence-corrected chi connectivity index (χ0v) is 11.3. The van der Waals surface area contributed by atoms with Crippen LogP contribution in [0.4, 0.5) is 4.39 Å². The van der Waals surface area contributed by atoms with Gasteiger partial charge in [-0.1, -0.05) is 26.0 Å². The largest absolute Gasteiger partial charge is 0.393 e. The van der Waals surface area contributed by atoms with E-state index >= 15 is 0 Å². The number of aliphatic hydroxyl groups is 1. The Morgan fingerprint density at radius 2 is 2.11 bits per heavy atom. The summed E-state index contributed by atoms with van der Waals surface area (Å²) in [4.78, 5) is 0. The summed E-state index contributed by atoms with van der Waals surface area (Å²) >= 11 is 0. The lowest BCUT2D eigenvalue weighted by Gasteiger charge is -2.35. The van der Waals surface area contributed by atoms with E-state index in [-0.39, 0.29) is 29.4 Å². The summed E-state index contributed by atoms with van der Waals surface area (Å²) < 4.78 is 13.2. The molecule has 3 heteroatoms. The monoisotopic (exact) mass is 251 g/mol. The van der Waals surface area contributed by atoms with E-state index in [0.29, 0.717) is 0 Å². The summed E-state index contributed by atoms with van der Waals surface area (Å²) in [6, 6.07) is 7.23. The molecule has 1 aromatic rings. The Kier molecular flexibility index (Phi) is 3.74. The van der Waals surface area contributed by atoms with Gasteiger partial charge in [0.1, 0.15) is 5.82 Å². The van der Waals surface area contributed by atoms with Gasteiger partial charge in [0.15, 0.2) is 0 Å². The van der Waals surface area contributed by atoms with Gasteiger partial charge < -0.3 is 10.4 Å². The van der Waals surface area contributed by atoms with Crippen LogP contribution in [-0.4, -0.2) is 17.3 Å². The van der Waals surface area contributed by atoms with Crippen LogP contribution in [0.1, 0.15) is 45.2 Å². The fourth-order valence-corrected chi connectivity index (χ4v) is 2.61. The maximum Gasteiger partial charge on any atom is 0.123 e. The lowest BCUT2D eigenvalue weighted by atomic mass is 9.79.